The van der Waals surface area contributed by atoms with Crippen LogP contribution in [-0.2, 0) is 4.79 Å². The molecule has 132 valence electrons. The highest BCUT2D eigenvalue weighted by atomic mass is 16.5. The van der Waals surface area contributed by atoms with Gasteiger partial charge >= 0.3 is 0 Å². The Morgan fingerprint density at radius 1 is 1.12 bits per heavy atom. The first-order valence-corrected chi connectivity index (χ1v) is 9.11. The number of carbonyl (C=O) groups is 1. The molecular weight excluding hydrogens is 302 g/mol. The molecule has 2 aliphatic heterocycles. The molecule has 0 radical (unpaired) electrons. The maximum absolute atomic E-state index is 12.2. The smallest absolute Gasteiger partial charge is 0.223 e. The van der Waals surface area contributed by atoms with Crippen LogP contribution in [0, 0.1) is 0 Å². The van der Waals surface area contributed by atoms with Gasteiger partial charge in [-0.05, 0) is 49.5 Å². The van der Waals surface area contributed by atoms with Gasteiger partial charge in [-0.3, -0.25) is 4.79 Å². The summed E-state index contributed by atoms with van der Waals surface area (Å²) in [5.74, 6) is 1.87. The van der Waals surface area contributed by atoms with E-state index in [1.54, 1.807) is 7.11 Å². The molecule has 0 unspecified atom stereocenters. The predicted octanol–water partition coefficient (Wildman–Crippen LogP) is 1.70. The summed E-state index contributed by atoms with van der Waals surface area (Å²) in [6.45, 7) is 6.66. The molecule has 2 fully saturated rings. The lowest BCUT2D eigenvalue weighted by Crippen LogP contribution is -2.47. The zero-order valence-corrected chi connectivity index (χ0v) is 14.7. The fourth-order valence-electron chi connectivity index (χ4n) is 3.69. The number of ether oxygens (including phenoxy) is 1. The lowest BCUT2D eigenvalue weighted by atomic mass is 9.89. The molecule has 0 aliphatic carbocycles. The normalized spacial score (nSPS) is 20.1. The number of carbonyl (C=O) groups excluding carboxylic acids is 1. The number of nitrogens with one attached hydrogen (secondary N) is 1. The number of amides is 1. The Morgan fingerprint density at radius 3 is 2.42 bits per heavy atom. The zero-order valence-electron chi connectivity index (χ0n) is 14.7. The molecule has 5 heteroatoms. The van der Waals surface area contributed by atoms with Gasteiger partial charge in [0.25, 0.3) is 0 Å². The average Bonchev–Trinajstić information content (AvgIpc) is 2.67. The third-order valence-corrected chi connectivity index (χ3v) is 5.29. The monoisotopic (exact) mass is 331 g/mol. The van der Waals surface area contributed by atoms with Crippen LogP contribution in [0.25, 0.3) is 0 Å². The Balaban J connectivity index is 1.40. The van der Waals surface area contributed by atoms with Gasteiger partial charge < -0.3 is 19.9 Å². The maximum atomic E-state index is 12.2. The standard InChI is InChI=1S/C19H29N3O2/c1-24-18-4-2-16(3-5-18)17-6-11-21(12-7-17)13-8-19(23)22-14-9-20-10-15-22/h2-5,17,20H,6-15H2,1H3. The van der Waals surface area contributed by atoms with Crippen molar-refractivity contribution in [2.24, 2.45) is 0 Å². The molecule has 3 rings (SSSR count). The van der Waals surface area contributed by atoms with Crippen molar-refractivity contribution in [2.75, 3.05) is 52.9 Å². The molecule has 1 amide bonds. The topological polar surface area (TPSA) is 44.8 Å². The second-order valence-corrected chi connectivity index (χ2v) is 6.77. The van der Waals surface area contributed by atoms with E-state index in [4.69, 9.17) is 4.74 Å². The van der Waals surface area contributed by atoms with Gasteiger partial charge in [-0.25, -0.2) is 0 Å². The fourth-order valence-corrected chi connectivity index (χ4v) is 3.69. The van der Waals surface area contributed by atoms with Gasteiger partial charge in [-0.15, -0.1) is 0 Å². The summed E-state index contributed by atoms with van der Waals surface area (Å²) in [7, 11) is 1.70. The summed E-state index contributed by atoms with van der Waals surface area (Å²) in [6.07, 6.45) is 3.01. The molecule has 2 aliphatic rings. The SMILES string of the molecule is COc1ccc(C2CCN(CCC(=O)N3CCNCC3)CC2)cc1. The molecule has 0 spiro atoms. The van der Waals surface area contributed by atoms with Crippen molar-refractivity contribution in [3.63, 3.8) is 0 Å². The van der Waals surface area contributed by atoms with Crippen molar-refractivity contribution >= 4 is 5.91 Å². The molecule has 0 saturated carbocycles. The highest BCUT2D eigenvalue weighted by Gasteiger charge is 2.22. The Morgan fingerprint density at radius 2 is 1.79 bits per heavy atom. The summed E-state index contributed by atoms with van der Waals surface area (Å²) in [5, 5.41) is 3.29. The average molecular weight is 331 g/mol. The van der Waals surface area contributed by atoms with Gasteiger partial charge in [-0.1, -0.05) is 12.1 Å². The van der Waals surface area contributed by atoms with Crippen molar-refractivity contribution in [2.45, 2.75) is 25.2 Å². The molecule has 1 aromatic rings. The highest BCUT2D eigenvalue weighted by molar-refractivity contribution is 5.76. The summed E-state index contributed by atoms with van der Waals surface area (Å²) in [5.41, 5.74) is 1.41. The van der Waals surface area contributed by atoms with Gasteiger partial charge in [0.05, 0.1) is 7.11 Å². The molecule has 0 aromatic heterocycles. The number of likely N-dealkylation sites (tertiary alicyclic amines) is 1. The summed E-state index contributed by atoms with van der Waals surface area (Å²) in [4.78, 5) is 16.7. The third kappa shape index (κ3) is 4.48. The lowest BCUT2D eigenvalue weighted by Gasteiger charge is -2.33. The van der Waals surface area contributed by atoms with Crippen LogP contribution in [0.3, 0.4) is 0 Å². The van der Waals surface area contributed by atoms with Crippen LogP contribution in [0.15, 0.2) is 24.3 Å². The van der Waals surface area contributed by atoms with E-state index in [0.717, 1.165) is 51.6 Å². The quantitative estimate of drug-likeness (QED) is 0.892. The van der Waals surface area contributed by atoms with Gasteiger partial charge in [0.1, 0.15) is 5.75 Å². The molecule has 1 aromatic carbocycles. The summed E-state index contributed by atoms with van der Waals surface area (Å²) in [6, 6.07) is 8.47. The van der Waals surface area contributed by atoms with E-state index in [1.807, 2.05) is 17.0 Å². The predicted molar refractivity (Wildman–Crippen MR) is 95.5 cm³/mol. The number of hydrogen-bond donors (Lipinski definition) is 1. The van der Waals surface area contributed by atoms with E-state index in [-0.39, 0.29) is 0 Å². The molecule has 2 saturated heterocycles. The highest BCUT2D eigenvalue weighted by Crippen LogP contribution is 2.29. The molecule has 24 heavy (non-hydrogen) atoms. The van der Waals surface area contributed by atoms with E-state index in [1.165, 1.54) is 18.4 Å². The number of rotatable bonds is 5. The molecule has 5 nitrogen and oxygen atoms in total. The van der Waals surface area contributed by atoms with E-state index in [0.29, 0.717) is 18.2 Å². The number of piperazine rings is 1. The van der Waals surface area contributed by atoms with Crippen LogP contribution < -0.4 is 10.1 Å². The molecule has 0 atom stereocenters. The molecular formula is C19H29N3O2. The van der Waals surface area contributed by atoms with Crippen molar-refractivity contribution < 1.29 is 9.53 Å². The van der Waals surface area contributed by atoms with Gasteiger partial charge in [0.2, 0.25) is 5.91 Å². The van der Waals surface area contributed by atoms with Crippen LogP contribution >= 0.6 is 0 Å². The molecule has 0 bridgehead atoms. The third-order valence-electron chi connectivity index (χ3n) is 5.29. The first kappa shape index (κ1) is 17.2. The minimum atomic E-state index is 0.314. The van der Waals surface area contributed by atoms with Crippen LogP contribution in [0.2, 0.25) is 0 Å². The van der Waals surface area contributed by atoms with Crippen molar-refractivity contribution in [3.8, 4) is 5.75 Å². The van der Waals surface area contributed by atoms with Gasteiger partial charge in [-0.2, -0.15) is 0 Å². The van der Waals surface area contributed by atoms with E-state index in [9.17, 15) is 4.79 Å². The number of piperidine rings is 1. The molecule has 2 heterocycles. The first-order valence-electron chi connectivity index (χ1n) is 9.11. The molecule has 1 N–H and O–H groups in total. The second kappa shape index (κ2) is 8.49. The second-order valence-electron chi connectivity index (χ2n) is 6.77. The Hall–Kier alpha value is -1.59. The largest absolute Gasteiger partial charge is 0.497 e. The minimum Gasteiger partial charge on any atom is -0.497 e. The van der Waals surface area contributed by atoms with E-state index in [2.05, 4.69) is 22.3 Å². The van der Waals surface area contributed by atoms with Crippen molar-refractivity contribution in [1.82, 2.24) is 15.1 Å². The van der Waals surface area contributed by atoms with Crippen LogP contribution in [-0.4, -0.2) is 68.6 Å². The fraction of sp³-hybridized carbons (Fsp3) is 0.632. The lowest BCUT2D eigenvalue weighted by molar-refractivity contribution is -0.132. The van der Waals surface area contributed by atoms with Gasteiger partial charge in [0, 0.05) is 39.1 Å². The summed E-state index contributed by atoms with van der Waals surface area (Å²) >= 11 is 0. The van der Waals surface area contributed by atoms with Crippen LogP contribution in [0.4, 0.5) is 0 Å². The van der Waals surface area contributed by atoms with E-state index >= 15 is 0 Å². The van der Waals surface area contributed by atoms with E-state index < -0.39 is 0 Å². The number of nitrogens with zero attached hydrogens (tertiary/aromatic N) is 2. The first-order chi connectivity index (χ1) is 11.8. The van der Waals surface area contributed by atoms with Crippen molar-refractivity contribution in [1.29, 1.82) is 0 Å². The minimum absolute atomic E-state index is 0.314. The Labute approximate surface area is 145 Å². The number of methoxy groups -OCH3 is 1. The summed E-state index contributed by atoms with van der Waals surface area (Å²) < 4.78 is 5.23. The number of hydrogen-bond acceptors (Lipinski definition) is 4. The maximum Gasteiger partial charge on any atom is 0.223 e. The Bertz CT molecular complexity index is 518. The zero-order chi connectivity index (χ0) is 16.8. The number of benzene rings is 1. The van der Waals surface area contributed by atoms with Crippen LogP contribution in [0.1, 0.15) is 30.7 Å². The van der Waals surface area contributed by atoms with Crippen molar-refractivity contribution in [3.05, 3.63) is 29.8 Å². The Kier molecular flexibility index (Phi) is 6.10. The van der Waals surface area contributed by atoms with Gasteiger partial charge in [0.15, 0.2) is 0 Å². The van der Waals surface area contributed by atoms with Crippen LogP contribution in [0.5, 0.6) is 5.75 Å².